The van der Waals surface area contributed by atoms with E-state index in [1.54, 1.807) is 17.0 Å². The number of benzene rings is 1. The molecule has 6 nitrogen and oxygen atoms in total. The Hall–Kier alpha value is -2.11. The van der Waals surface area contributed by atoms with E-state index in [-0.39, 0.29) is 11.4 Å². The van der Waals surface area contributed by atoms with E-state index in [0.29, 0.717) is 24.5 Å². The van der Waals surface area contributed by atoms with Crippen molar-refractivity contribution in [1.82, 2.24) is 10.2 Å². The highest BCUT2D eigenvalue weighted by atomic mass is 79.9. The van der Waals surface area contributed by atoms with Gasteiger partial charge in [-0.3, -0.25) is 9.59 Å². The molecule has 3 rings (SSSR count). The maximum atomic E-state index is 13.9. The summed E-state index contributed by atoms with van der Waals surface area (Å²) in [7, 11) is 1.95. The van der Waals surface area contributed by atoms with Gasteiger partial charge in [0, 0.05) is 31.0 Å². The Morgan fingerprint density at radius 2 is 1.79 bits per heavy atom. The van der Waals surface area contributed by atoms with Crippen LogP contribution >= 0.6 is 27.3 Å². The quantitative estimate of drug-likeness (QED) is 0.564. The van der Waals surface area contributed by atoms with Crippen LogP contribution in [0.4, 0.5) is 24.5 Å². The molecular formula is C22H26BrF3N4O2S. The molecule has 0 radical (unpaired) electrons. The maximum absolute atomic E-state index is 13.9. The second kappa shape index (κ2) is 10.0. The number of carbonyl (C=O) groups excluding carboxylic acids is 2. The van der Waals surface area contributed by atoms with Crippen molar-refractivity contribution in [3.63, 3.8) is 0 Å². The van der Waals surface area contributed by atoms with Gasteiger partial charge in [0.15, 0.2) is 0 Å². The molecule has 1 aliphatic rings. The van der Waals surface area contributed by atoms with Crippen molar-refractivity contribution in [2.75, 3.05) is 43.4 Å². The summed E-state index contributed by atoms with van der Waals surface area (Å²) in [5.74, 6) is -1.06. The third kappa shape index (κ3) is 6.48. The molecule has 33 heavy (non-hydrogen) atoms. The molecule has 0 aliphatic carbocycles. The second-order valence-electron chi connectivity index (χ2n) is 8.51. The summed E-state index contributed by atoms with van der Waals surface area (Å²) in [6, 6.07) is 7.15. The van der Waals surface area contributed by atoms with E-state index >= 15 is 0 Å². The smallest absolute Gasteiger partial charge is 0.370 e. The Labute approximate surface area is 203 Å². The van der Waals surface area contributed by atoms with Gasteiger partial charge in [-0.25, -0.2) is 0 Å². The van der Waals surface area contributed by atoms with Crippen molar-refractivity contribution in [1.29, 1.82) is 0 Å². The molecule has 0 atom stereocenters. The Bertz CT molecular complexity index is 1030. The zero-order valence-electron chi connectivity index (χ0n) is 18.6. The third-order valence-corrected chi connectivity index (χ3v) is 7.03. The number of anilines is 2. The first kappa shape index (κ1) is 25.5. The Morgan fingerprint density at radius 1 is 1.06 bits per heavy atom. The minimum atomic E-state index is -4.58. The van der Waals surface area contributed by atoms with E-state index in [9.17, 15) is 22.8 Å². The lowest BCUT2D eigenvalue weighted by atomic mass is 10.0. The lowest BCUT2D eigenvalue weighted by molar-refractivity contribution is -0.137. The van der Waals surface area contributed by atoms with E-state index < -0.39 is 29.1 Å². The largest absolute Gasteiger partial charge is 0.418 e. The van der Waals surface area contributed by atoms with E-state index in [2.05, 4.69) is 31.5 Å². The molecule has 1 aromatic heterocycles. The van der Waals surface area contributed by atoms with Crippen LogP contribution in [-0.2, 0) is 11.0 Å². The second-order valence-corrected chi connectivity index (χ2v) is 11.0. The van der Waals surface area contributed by atoms with Crippen LogP contribution < -0.4 is 15.5 Å². The van der Waals surface area contributed by atoms with Crippen LogP contribution in [0.2, 0.25) is 0 Å². The first-order valence-electron chi connectivity index (χ1n) is 10.4. The number of thiophene rings is 1. The van der Waals surface area contributed by atoms with Gasteiger partial charge in [0.05, 0.1) is 14.2 Å². The predicted octanol–water partition coefficient (Wildman–Crippen LogP) is 4.82. The predicted molar refractivity (Wildman–Crippen MR) is 128 cm³/mol. The molecule has 1 aliphatic heterocycles. The fourth-order valence-electron chi connectivity index (χ4n) is 3.53. The minimum absolute atomic E-state index is 0.0178. The lowest BCUT2D eigenvalue weighted by Crippen LogP contribution is -2.52. The molecule has 2 N–H and O–H groups in total. The van der Waals surface area contributed by atoms with E-state index in [1.807, 2.05) is 7.05 Å². The highest BCUT2D eigenvalue weighted by molar-refractivity contribution is 9.11. The first-order chi connectivity index (χ1) is 15.4. The van der Waals surface area contributed by atoms with Crippen LogP contribution in [0.15, 0.2) is 34.1 Å². The lowest BCUT2D eigenvalue weighted by Gasteiger charge is -2.28. The molecule has 1 saturated heterocycles. The van der Waals surface area contributed by atoms with Gasteiger partial charge in [0.2, 0.25) is 5.91 Å². The zero-order chi connectivity index (χ0) is 24.4. The van der Waals surface area contributed by atoms with Gasteiger partial charge >= 0.3 is 6.18 Å². The van der Waals surface area contributed by atoms with Crippen LogP contribution in [0.1, 0.15) is 35.5 Å². The van der Waals surface area contributed by atoms with Crippen LogP contribution in [0.5, 0.6) is 0 Å². The van der Waals surface area contributed by atoms with Crippen molar-refractivity contribution >= 4 is 50.5 Å². The molecule has 180 valence electrons. The van der Waals surface area contributed by atoms with E-state index in [0.717, 1.165) is 22.8 Å². The summed E-state index contributed by atoms with van der Waals surface area (Å²) in [6.07, 6.45) is -3.81. The average molecular weight is 547 g/mol. The average Bonchev–Trinajstić information content (AvgIpc) is 3.04. The first-order valence-corrected chi connectivity index (χ1v) is 12.0. The number of hydrogen-bond donors (Lipinski definition) is 2. The number of nitrogens with zero attached hydrogens (tertiary/aromatic N) is 2. The van der Waals surface area contributed by atoms with Crippen molar-refractivity contribution in [3.05, 3.63) is 44.6 Å². The zero-order valence-corrected chi connectivity index (χ0v) is 21.0. The fraction of sp³-hybridized carbons (Fsp3) is 0.455. The fourth-order valence-corrected chi connectivity index (χ4v) is 4.81. The number of hydrogen-bond acceptors (Lipinski definition) is 5. The summed E-state index contributed by atoms with van der Waals surface area (Å²) in [4.78, 5) is 29.5. The van der Waals surface area contributed by atoms with E-state index in [4.69, 9.17) is 0 Å². The molecule has 2 aromatic rings. The van der Waals surface area contributed by atoms with Crippen LogP contribution in [0, 0.1) is 0 Å². The van der Waals surface area contributed by atoms with Gasteiger partial charge < -0.3 is 20.4 Å². The molecule has 1 fully saturated rings. The van der Waals surface area contributed by atoms with Gasteiger partial charge in [-0.2, -0.15) is 13.2 Å². The number of carbonyl (C=O) groups is 2. The van der Waals surface area contributed by atoms with Crippen molar-refractivity contribution in [2.45, 2.75) is 32.0 Å². The molecule has 1 aromatic carbocycles. The van der Waals surface area contributed by atoms with Crippen LogP contribution in [0.3, 0.4) is 0 Å². The van der Waals surface area contributed by atoms with Gasteiger partial charge in [-0.15, -0.1) is 11.3 Å². The Kier molecular flexibility index (Phi) is 7.75. The highest BCUT2D eigenvalue weighted by Gasteiger charge is 2.36. The molecule has 2 heterocycles. The number of amides is 2. The summed E-state index contributed by atoms with van der Waals surface area (Å²) in [6.45, 7) is 5.51. The Morgan fingerprint density at radius 3 is 2.42 bits per heavy atom. The number of likely N-dealkylation sites (N-methyl/N-ethyl adjacent to an activating group) is 1. The number of alkyl halides is 3. The van der Waals surface area contributed by atoms with Crippen molar-refractivity contribution in [2.24, 2.45) is 0 Å². The number of nitrogens with one attached hydrogen (secondary N) is 2. The summed E-state index contributed by atoms with van der Waals surface area (Å²) >= 11 is 4.49. The third-order valence-electron chi connectivity index (χ3n) is 5.41. The van der Waals surface area contributed by atoms with Gasteiger partial charge in [-0.05, 0) is 80.1 Å². The molecule has 2 amide bonds. The molecule has 0 unspecified atom stereocenters. The topological polar surface area (TPSA) is 64.7 Å². The van der Waals surface area contributed by atoms with Crippen LogP contribution in [-0.4, -0.2) is 55.5 Å². The van der Waals surface area contributed by atoms with E-state index in [1.165, 1.54) is 37.3 Å². The summed E-state index contributed by atoms with van der Waals surface area (Å²) in [5.41, 5.74) is -2.02. The van der Waals surface area contributed by atoms with Gasteiger partial charge in [-0.1, -0.05) is 0 Å². The molecule has 0 saturated carbocycles. The summed E-state index contributed by atoms with van der Waals surface area (Å²) in [5, 5.41) is 5.15. The SMILES string of the molecule is CN1CCCN(c2ccc(NC(=O)C(C)(C)NC(=O)c3ccc(Br)s3)cc2C(F)(F)F)CC1. The standard InChI is InChI=1S/C22H26BrF3N4O2S/c1-21(2,28-19(31)17-7-8-18(23)33-17)20(32)27-14-5-6-16(15(13-14)22(24,25)26)30-10-4-9-29(3)11-12-30/h5-8,13H,4,9-12H2,1-3H3,(H,27,32)(H,28,31). The minimum Gasteiger partial charge on any atom is -0.370 e. The number of rotatable bonds is 5. The normalized spacial score (nSPS) is 15.8. The van der Waals surface area contributed by atoms with Crippen LogP contribution in [0.25, 0.3) is 0 Å². The monoisotopic (exact) mass is 546 g/mol. The van der Waals surface area contributed by atoms with Crippen molar-refractivity contribution < 1.29 is 22.8 Å². The molecule has 11 heteroatoms. The van der Waals surface area contributed by atoms with Crippen molar-refractivity contribution in [3.8, 4) is 0 Å². The van der Waals surface area contributed by atoms with Gasteiger partial charge in [0.1, 0.15) is 5.54 Å². The molecule has 0 spiro atoms. The maximum Gasteiger partial charge on any atom is 0.418 e. The molecular weight excluding hydrogens is 521 g/mol. The van der Waals surface area contributed by atoms with Gasteiger partial charge in [0.25, 0.3) is 5.91 Å². The molecule has 0 bridgehead atoms. The highest BCUT2D eigenvalue weighted by Crippen LogP contribution is 2.38. The summed E-state index contributed by atoms with van der Waals surface area (Å²) < 4.78 is 42.4. The Balaban J connectivity index is 1.78. The number of halogens is 4.